The molecule has 0 saturated carbocycles. The SMILES string of the molecule is NS(=O)(=O)c1ccc(CCNC(C(=O)c2c[nH]c3ccncc23)c2ccccc2)cc1. The number of rotatable bonds is 8. The minimum Gasteiger partial charge on any atom is -0.360 e. The molecule has 0 aliphatic rings. The number of ketones is 1. The lowest BCUT2D eigenvalue weighted by Crippen LogP contribution is -2.30. The number of carbonyl (C=O) groups is 1. The summed E-state index contributed by atoms with van der Waals surface area (Å²) in [6.45, 7) is 0.528. The first-order chi connectivity index (χ1) is 14.9. The molecular weight excluding hydrogens is 412 g/mol. The zero-order chi connectivity index (χ0) is 21.8. The number of H-pyrrole nitrogens is 1. The molecule has 2 heterocycles. The van der Waals surface area contributed by atoms with Crippen LogP contribution in [0, 0.1) is 0 Å². The third-order valence-corrected chi connectivity index (χ3v) is 6.09. The summed E-state index contributed by atoms with van der Waals surface area (Å²) >= 11 is 0. The third kappa shape index (κ3) is 4.72. The summed E-state index contributed by atoms with van der Waals surface area (Å²) in [6, 6.07) is 17.3. The molecule has 0 aliphatic carbocycles. The van der Waals surface area contributed by atoms with Gasteiger partial charge < -0.3 is 10.3 Å². The van der Waals surface area contributed by atoms with Crippen molar-refractivity contribution < 1.29 is 13.2 Å². The summed E-state index contributed by atoms with van der Waals surface area (Å²) < 4.78 is 22.8. The van der Waals surface area contributed by atoms with Crippen molar-refractivity contribution in [2.75, 3.05) is 6.54 Å². The van der Waals surface area contributed by atoms with Gasteiger partial charge in [-0.05, 0) is 35.7 Å². The number of nitrogens with one attached hydrogen (secondary N) is 2. The third-order valence-electron chi connectivity index (χ3n) is 5.16. The Bertz CT molecular complexity index is 1300. The number of hydrogen-bond donors (Lipinski definition) is 3. The number of benzene rings is 2. The molecule has 4 aromatic rings. The zero-order valence-corrected chi connectivity index (χ0v) is 17.5. The first-order valence-corrected chi connectivity index (χ1v) is 11.3. The van der Waals surface area contributed by atoms with Gasteiger partial charge in [-0.25, -0.2) is 13.6 Å². The van der Waals surface area contributed by atoms with Crippen LogP contribution in [0.5, 0.6) is 0 Å². The van der Waals surface area contributed by atoms with E-state index in [1.807, 2.05) is 36.4 Å². The second-order valence-corrected chi connectivity index (χ2v) is 8.79. The fraction of sp³-hybridized carbons (Fsp3) is 0.130. The van der Waals surface area contributed by atoms with Crippen molar-refractivity contribution in [1.29, 1.82) is 0 Å². The number of carbonyl (C=O) groups excluding carboxylic acids is 1. The molecule has 31 heavy (non-hydrogen) atoms. The van der Waals surface area contributed by atoms with Crippen LogP contribution in [0.15, 0.2) is 84.1 Å². The highest BCUT2D eigenvalue weighted by atomic mass is 32.2. The average Bonchev–Trinajstić information content (AvgIpc) is 3.21. The number of nitrogens with two attached hydrogens (primary N) is 1. The van der Waals surface area contributed by atoms with E-state index in [-0.39, 0.29) is 10.7 Å². The molecule has 1 unspecified atom stereocenters. The lowest BCUT2D eigenvalue weighted by atomic mass is 9.97. The summed E-state index contributed by atoms with van der Waals surface area (Å²) in [7, 11) is -3.71. The Kier molecular flexibility index (Phi) is 5.94. The Hall–Kier alpha value is -3.33. The summed E-state index contributed by atoms with van der Waals surface area (Å²) in [6.07, 6.45) is 5.71. The molecule has 2 aromatic heterocycles. The number of nitrogens with zero attached hydrogens (tertiary/aromatic N) is 1. The topological polar surface area (TPSA) is 118 Å². The lowest BCUT2D eigenvalue weighted by Gasteiger charge is -2.18. The Morgan fingerprint density at radius 1 is 1.06 bits per heavy atom. The van der Waals surface area contributed by atoms with Gasteiger partial charge in [0, 0.05) is 41.6 Å². The largest absolute Gasteiger partial charge is 0.360 e. The molecule has 0 aliphatic heterocycles. The molecule has 4 N–H and O–H groups in total. The second-order valence-electron chi connectivity index (χ2n) is 7.22. The van der Waals surface area contributed by atoms with E-state index in [4.69, 9.17) is 5.14 Å². The smallest absolute Gasteiger partial charge is 0.238 e. The van der Waals surface area contributed by atoms with Gasteiger partial charge in [-0.15, -0.1) is 0 Å². The lowest BCUT2D eigenvalue weighted by molar-refractivity contribution is 0.0945. The number of hydrogen-bond acceptors (Lipinski definition) is 5. The Balaban J connectivity index is 1.53. The van der Waals surface area contributed by atoms with Crippen LogP contribution >= 0.6 is 0 Å². The monoisotopic (exact) mass is 434 g/mol. The summed E-state index contributed by atoms with van der Waals surface area (Å²) in [5, 5.41) is 9.29. The molecule has 0 fully saturated rings. The van der Waals surface area contributed by atoms with E-state index in [9.17, 15) is 13.2 Å². The summed E-state index contributed by atoms with van der Waals surface area (Å²) in [4.78, 5) is 20.8. The Labute approximate surface area is 180 Å². The van der Waals surface area contributed by atoms with E-state index in [0.717, 1.165) is 22.0 Å². The first kappa shape index (κ1) is 20.9. The molecule has 0 bridgehead atoms. The van der Waals surface area contributed by atoms with Gasteiger partial charge in [-0.1, -0.05) is 42.5 Å². The molecular formula is C23H22N4O3S. The fourth-order valence-electron chi connectivity index (χ4n) is 3.54. The van der Waals surface area contributed by atoms with Crippen LogP contribution in [0.1, 0.15) is 27.5 Å². The maximum Gasteiger partial charge on any atom is 0.238 e. The van der Waals surface area contributed by atoms with Crippen molar-refractivity contribution in [3.05, 3.63) is 95.9 Å². The van der Waals surface area contributed by atoms with Gasteiger partial charge in [0.25, 0.3) is 0 Å². The fourth-order valence-corrected chi connectivity index (χ4v) is 4.05. The van der Waals surface area contributed by atoms with Crippen LogP contribution in [-0.4, -0.2) is 30.7 Å². The molecule has 0 spiro atoms. The minimum atomic E-state index is -3.71. The van der Waals surface area contributed by atoms with E-state index in [0.29, 0.717) is 18.5 Å². The van der Waals surface area contributed by atoms with E-state index < -0.39 is 16.1 Å². The summed E-state index contributed by atoms with van der Waals surface area (Å²) in [5.41, 5.74) is 3.26. The van der Waals surface area contributed by atoms with Gasteiger partial charge in [-0.3, -0.25) is 9.78 Å². The number of sulfonamides is 1. The molecule has 4 rings (SSSR count). The molecule has 0 radical (unpaired) electrons. The predicted molar refractivity (Wildman–Crippen MR) is 119 cm³/mol. The van der Waals surface area contributed by atoms with Crippen LogP contribution < -0.4 is 10.5 Å². The van der Waals surface area contributed by atoms with Gasteiger partial charge in [0.15, 0.2) is 5.78 Å². The number of aromatic amines is 1. The van der Waals surface area contributed by atoms with Gasteiger partial charge in [0.05, 0.1) is 10.9 Å². The molecule has 0 amide bonds. The van der Waals surface area contributed by atoms with Crippen LogP contribution in [0.3, 0.4) is 0 Å². The van der Waals surface area contributed by atoms with Crippen LogP contribution in [-0.2, 0) is 16.4 Å². The minimum absolute atomic E-state index is 0.0463. The number of Topliss-reactive ketones (excluding diaryl/α,β-unsaturated/α-hetero) is 1. The van der Waals surface area contributed by atoms with Crippen molar-refractivity contribution in [3.8, 4) is 0 Å². The highest BCUT2D eigenvalue weighted by Gasteiger charge is 2.24. The maximum atomic E-state index is 13.4. The number of primary sulfonamides is 1. The van der Waals surface area contributed by atoms with Crippen molar-refractivity contribution in [1.82, 2.24) is 15.3 Å². The zero-order valence-electron chi connectivity index (χ0n) is 16.7. The highest BCUT2D eigenvalue weighted by molar-refractivity contribution is 7.89. The molecule has 7 nitrogen and oxygen atoms in total. The van der Waals surface area contributed by atoms with Crippen molar-refractivity contribution in [2.45, 2.75) is 17.4 Å². The van der Waals surface area contributed by atoms with E-state index in [2.05, 4.69) is 15.3 Å². The molecule has 2 aromatic carbocycles. The van der Waals surface area contributed by atoms with E-state index in [1.54, 1.807) is 30.7 Å². The number of fused-ring (bicyclic) bond motifs is 1. The van der Waals surface area contributed by atoms with Crippen molar-refractivity contribution in [3.63, 3.8) is 0 Å². The first-order valence-electron chi connectivity index (χ1n) is 9.79. The Morgan fingerprint density at radius 2 is 1.81 bits per heavy atom. The highest BCUT2D eigenvalue weighted by Crippen LogP contribution is 2.24. The summed E-state index contributed by atoms with van der Waals surface area (Å²) in [5.74, 6) is -0.0463. The van der Waals surface area contributed by atoms with Gasteiger partial charge in [0.2, 0.25) is 10.0 Å². The van der Waals surface area contributed by atoms with Gasteiger partial charge >= 0.3 is 0 Å². The van der Waals surface area contributed by atoms with Gasteiger partial charge in [-0.2, -0.15) is 0 Å². The number of aromatic nitrogens is 2. The van der Waals surface area contributed by atoms with Gasteiger partial charge in [0.1, 0.15) is 0 Å². The van der Waals surface area contributed by atoms with Crippen LogP contribution in [0.4, 0.5) is 0 Å². The molecule has 0 saturated heterocycles. The Morgan fingerprint density at radius 3 is 2.52 bits per heavy atom. The normalized spacial score (nSPS) is 12.7. The number of pyridine rings is 1. The maximum absolute atomic E-state index is 13.4. The van der Waals surface area contributed by atoms with Crippen LogP contribution in [0.2, 0.25) is 0 Å². The van der Waals surface area contributed by atoms with Crippen molar-refractivity contribution in [2.24, 2.45) is 5.14 Å². The second kappa shape index (κ2) is 8.81. The van der Waals surface area contributed by atoms with Crippen molar-refractivity contribution >= 4 is 26.7 Å². The standard InChI is InChI=1S/C23H22N4O3S/c24-31(29,30)18-8-6-16(7-9-18)10-13-26-22(17-4-2-1-3-5-17)23(28)20-15-27-21-11-12-25-14-19(20)21/h1-9,11-12,14-15,22,26-27H,10,13H2,(H2,24,29,30). The molecule has 1 atom stereocenters. The molecule has 8 heteroatoms. The van der Waals surface area contributed by atoms with E-state index >= 15 is 0 Å². The quantitative estimate of drug-likeness (QED) is 0.369. The molecule has 158 valence electrons. The van der Waals surface area contributed by atoms with Crippen LogP contribution in [0.25, 0.3) is 10.9 Å². The average molecular weight is 435 g/mol. The predicted octanol–water partition coefficient (Wildman–Crippen LogP) is 2.97. The van der Waals surface area contributed by atoms with E-state index in [1.165, 1.54) is 12.1 Å².